The zero-order valence-electron chi connectivity index (χ0n) is 16.2. The van der Waals surface area contributed by atoms with Crippen molar-refractivity contribution in [2.75, 3.05) is 20.0 Å². The Kier molecular flexibility index (Phi) is 8.63. The molecule has 30 heavy (non-hydrogen) atoms. The molecule has 1 N–H and O–H groups in total. The molecule has 0 radical (unpaired) electrons. The Morgan fingerprint density at radius 3 is 2.53 bits per heavy atom. The largest absolute Gasteiger partial charge is 0.513 e. The molecule has 2 rings (SSSR count). The average Bonchev–Trinajstić information content (AvgIpc) is 2.74. The number of benzene rings is 2. The molecular weight excluding hydrogens is 414 g/mol. The van der Waals surface area contributed by atoms with Gasteiger partial charge in [-0.25, -0.2) is 10.2 Å². The molecular formula is C19H19N3O7S. The molecule has 1 amide bonds. The van der Waals surface area contributed by atoms with E-state index in [1.807, 2.05) is 0 Å². The van der Waals surface area contributed by atoms with Crippen LogP contribution in [0.5, 0.6) is 11.5 Å². The van der Waals surface area contributed by atoms with Crippen LogP contribution in [0.2, 0.25) is 0 Å². The molecule has 158 valence electrons. The fraction of sp³-hybridized carbons (Fsp3) is 0.211. The molecule has 0 fully saturated rings. The Balaban J connectivity index is 1.81. The highest BCUT2D eigenvalue weighted by Crippen LogP contribution is 2.27. The van der Waals surface area contributed by atoms with E-state index in [0.717, 1.165) is 5.56 Å². The Morgan fingerprint density at radius 1 is 1.17 bits per heavy atom. The number of methoxy groups -OCH3 is 2. The molecule has 0 spiro atoms. The molecule has 0 saturated carbocycles. The number of hydrogen-bond donors (Lipinski definition) is 1. The average molecular weight is 433 g/mol. The number of nitrogens with zero attached hydrogens (tertiary/aromatic N) is 2. The number of hydrazone groups is 1. The van der Waals surface area contributed by atoms with Crippen molar-refractivity contribution in [1.82, 2.24) is 5.43 Å². The number of amides is 1. The van der Waals surface area contributed by atoms with E-state index in [9.17, 15) is 19.7 Å². The van der Waals surface area contributed by atoms with Crippen LogP contribution >= 0.6 is 11.8 Å². The number of rotatable bonds is 9. The summed E-state index contributed by atoms with van der Waals surface area (Å²) in [6, 6.07) is 10.9. The summed E-state index contributed by atoms with van der Waals surface area (Å²) >= 11 is 1.35. The van der Waals surface area contributed by atoms with Gasteiger partial charge in [-0.2, -0.15) is 5.10 Å². The van der Waals surface area contributed by atoms with Crippen molar-refractivity contribution in [2.45, 2.75) is 5.75 Å². The second-order valence-electron chi connectivity index (χ2n) is 5.68. The maximum atomic E-state index is 11.9. The molecule has 2 aromatic carbocycles. The minimum atomic E-state index is -0.867. The van der Waals surface area contributed by atoms with Gasteiger partial charge in [-0.15, -0.1) is 11.8 Å². The number of nitrogens with one attached hydrogen (secondary N) is 1. The number of carbonyl (C=O) groups excluding carboxylic acids is 2. The number of nitro groups is 1. The van der Waals surface area contributed by atoms with Gasteiger partial charge in [-0.3, -0.25) is 14.9 Å². The van der Waals surface area contributed by atoms with Gasteiger partial charge in [0.25, 0.3) is 5.69 Å². The van der Waals surface area contributed by atoms with Gasteiger partial charge in [0, 0.05) is 17.9 Å². The first-order valence-electron chi connectivity index (χ1n) is 8.49. The van der Waals surface area contributed by atoms with Gasteiger partial charge in [0.05, 0.1) is 31.1 Å². The van der Waals surface area contributed by atoms with Gasteiger partial charge in [-0.05, 0) is 29.3 Å². The monoisotopic (exact) mass is 433 g/mol. The predicted octanol–water partition coefficient (Wildman–Crippen LogP) is 3.13. The van der Waals surface area contributed by atoms with Crippen molar-refractivity contribution >= 4 is 35.7 Å². The summed E-state index contributed by atoms with van der Waals surface area (Å²) in [5, 5.41) is 14.5. The van der Waals surface area contributed by atoms with Crippen molar-refractivity contribution in [2.24, 2.45) is 5.10 Å². The van der Waals surface area contributed by atoms with E-state index in [2.05, 4.69) is 15.3 Å². The van der Waals surface area contributed by atoms with E-state index in [0.29, 0.717) is 17.1 Å². The summed E-state index contributed by atoms with van der Waals surface area (Å²) in [5.41, 5.74) is 3.93. The van der Waals surface area contributed by atoms with Gasteiger partial charge < -0.3 is 14.2 Å². The molecule has 0 unspecified atom stereocenters. The molecule has 0 bridgehead atoms. The van der Waals surface area contributed by atoms with E-state index in [4.69, 9.17) is 9.47 Å². The zero-order chi connectivity index (χ0) is 21.9. The highest BCUT2D eigenvalue weighted by molar-refractivity contribution is 7.99. The Labute approximate surface area is 176 Å². The van der Waals surface area contributed by atoms with Gasteiger partial charge >= 0.3 is 6.16 Å². The van der Waals surface area contributed by atoms with Crippen LogP contribution in [0.3, 0.4) is 0 Å². The Bertz CT molecular complexity index is 932. The van der Waals surface area contributed by atoms with Gasteiger partial charge in [-0.1, -0.05) is 12.1 Å². The third kappa shape index (κ3) is 7.09. The van der Waals surface area contributed by atoms with Crippen molar-refractivity contribution in [1.29, 1.82) is 0 Å². The lowest BCUT2D eigenvalue weighted by atomic mass is 10.2. The number of non-ortho nitro benzene ring substituents is 1. The molecule has 10 nitrogen and oxygen atoms in total. The van der Waals surface area contributed by atoms with Crippen LogP contribution in [0.1, 0.15) is 11.1 Å². The standard InChI is InChI=1S/C19H19N3O7S/c1-27-17-9-14(5-8-16(17)29-19(24)28-2)10-20-21-18(23)12-30-11-13-3-6-15(7-4-13)22(25)26/h3-10H,11-12H2,1-2H3,(H,21,23)/b20-10-. The summed E-state index contributed by atoms with van der Waals surface area (Å²) in [6.07, 6.45) is 0.553. The molecule has 0 heterocycles. The predicted molar refractivity (Wildman–Crippen MR) is 111 cm³/mol. The number of hydrogen-bond acceptors (Lipinski definition) is 9. The maximum absolute atomic E-state index is 11.9. The Hall–Kier alpha value is -3.60. The zero-order valence-corrected chi connectivity index (χ0v) is 17.0. The third-order valence-electron chi connectivity index (χ3n) is 3.60. The fourth-order valence-corrected chi connectivity index (χ4v) is 2.95. The smallest absolute Gasteiger partial charge is 0.493 e. The minimum Gasteiger partial charge on any atom is -0.493 e. The molecule has 0 aromatic heterocycles. The molecule has 0 aliphatic heterocycles. The lowest BCUT2D eigenvalue weighted by Gasteiger charge is -2.08. The fourth-order valence-electron chi connectivity index (χ4n) is 2.17. The van der Waals surface area contributed by atoms with Crippen molar-refractivity contribution in [3.05, 3.63) is 63.7 Å². The van der Waals surface area contributed by atoms with E-state index < -0.39 is 11.1 Å². The summed E-state index contributed by atoms with van der Waals surface area (Å²) in [4.78, 5) is 33.2. The molecule has 11 heteroatoms. The quantitative estimate of drug-likeness (QED) is 0.210. The van der Waals surface area contributed by atoms with Gasteiger partial charge in [0.2, 0.25) is 5.91 Å². The van der Waals surface area contributed by atoms with E-state index in [-0.39, 0.29) is 23.1 Å². The lowest BCUT2D eigenvalue weighted by molar-refractivity contribution is -0.384. The SMILES string of the molecule is COC(=O)Oc1ccc(/C=N\NC(=O)CSCc2ccc([N+](=O)[O-])cc2)cc1OC. The van der Waals surface area contributed by atoms with Crippen LogP contribution < -0.4 is 14.9 Å². The summed E-state index contributed by atoms with van der Waals surface area (Å²) in [5.74, 6) is 0.899. The minimum absolute atomic E-state index is 0.0253. The third-order valence-corrected chi connectivity index (χ3v) is 4.60. The molecule has 0 aliphatic rings. The van der Waals surface area contributed by atoms with Crippen LogP contribution in [0.4, 0.5) is 10.5 Å². The van der Waals surface area contributed by atoms with Crippen LogP contribution in [-0.2, 0) is 15.3 Å². The van der Waals surface area contributed by atoms with Gasteiger partial charge in [0.15, 0.2) is 11.5 Å². The first-order valence-corrected chi connectivity index (χ1v) is 9.65. The number of ether oxygens (including phenoxy) is 3. The highest BCUT2D eigenvalue weighted by atomic mass is 32.2. The van der Waals surface area contributed by atoms with E-state index in [1.54, 1.807) is 24.3 Å². The van der Waals surface area contributed by atoms with Crippen LogP contribution in [0.15, 0.2) is 47.6 Å². The number of nitro benzene ring substituents is 1. The first-order chi connectivity index (χ1) is 14.4. The van der Waals surface area contributed by atoms with E-state index in [1.165, 1.54) is 50.4 Å². The lowest BCUT2D eigenvalue weighted by Crippen LogP contribution is -2.19. The van der Waals surface area contributed by atoms with Crippen molar-refractivity contribution < 1.29 is 28.7 Å². The van der Waals surface area contributed by atoms with Gasteiger partial charge in [0.1, 0.15) is 0 Å². The molecule has 0 saturated heterocycles. The second-order valence-corrected chi connectivity index (χ2v) is 6.66. The summed E-state index contributed by atoms with van der Waals surface area (Å²) < 4.78 is 14.5. The highest BCUT2D eigenvalue weighted by Gasteiger charge is 2.10. The number of carbonyl (C=O) groups is 2. The normalized spacial score (nSPS) is 10.5. The number of thioether (sulfide) groups is 1. The van der Waals surface area contributed by atoms with Crippen molar-refractivity contribution in [3.63, 3.8) is 0 Å². The molecule has 2 aromatic rings. The summed E-state index contributed by atoms with van der Waals surface area (Å²) in [7, 11) is 2.62. The first kappa shape index (κ1) is 22.7. The van der Waals surface area contributed by atoms with Crippen LogP contribution in [0, 0.1) is 10.1 Å². The second kappa shape index (κ2) is 11.4. The Morgan fingerprint density at radius 2 is 1.90 bits per heavy atom. The van der Waals surface area contributed by atoms with Crippen molar-refractivity contribution in [3.8, 4) is 11.5 Å². The topological polar surface area (TPSA) is 129 Å². The molecule has 0 aliphatic carbocycles. The summed E-state index contributed by atoms with van der Waals surface area (Å²) in [6.45, 7) is 0. The van der Waals surface area contributed by atoms with Crippen LogP contribution in [-0.4, -0.2) is 43.2 Å². The van der Waals surface area contributed by atoms with Crippen LogP contribution in [0.25, 0.3) is 0 Å². The molecule has 0 atom stereocenters. The maximum Gasteiger partial charge on any atom is 0.513 e. The van der Waals surface area contributed by atoms with E-state index >= 15 is 0 Å².